The Balaban J connectivity index is 2.48. The fourth-order valence-electron chi connectivity index (χ4n) is 1.70. The zero-order chi connectivity index (χ0) is 13.8. The maximum Gasteiger partial charge on any atom is 0.341 e. The summed E-state index contributed by atoms with van der Waals surface area (Å²) < 4.78 is 10.1. The van der Waals surface area contributed by atoms with Crippen LogP contribution in [0.3, 0.4) is 0 Å². The quantitative estimate of drug-likeness (QED) is 0.913. The van der Waals surface area contributed by atoms with Gasteiger partial charge in [0.25, 0.3) is 0 Å². The Hall–Kier alpha value is -2.56. The number of aromatic carboxylic acids is 1. The minimum absolute atomic E-state index is 0.0362. The molecule has 0 saturated heterocycles. The first-order valence-electron chi connectivity index (χ1n) is 5.58. The van der Waals surface area contributed by atoms with E-state index in [9.17, 15) is 4.79 Å². The van der Waals surface area contributed by atoms with Crippen molar-refractivity contribution in [2.24, 2.45) is 0 Å². The van der Waals surface area contributed by atoms with Crippen molar-refractivity contribution in [3.63, 3.8) is 0 Å². The summed E-state index contributed by atoms with van der Waals surface area (Å²) in [4.78, 5) is 15.2. The Kier molecular flexibility index (Phi) is 3.66. The fraction of sp³-hybridized carbons (Fsp3) is 0.143. The van der Waals surface area contributed by atoms with Gasteiger partial charge >= 0.3 is 5.97 Å². The van der Waals surface area contributed by atoms with E-state index in [0.29, 0.717) is 11.4 Å². The third-order valence-electron chi connectivity index (χ3n) is 2.65. The molecule has 0 aliphatic rings. The molecule has 5 heteroatoms. The van der Waals surface area contributed by atoms with Crippen LogP contribution in [0.15, 0.2) is 36.4 Å². The number of rotatable bonds is 4. The molecule has 1 aromatic heterocycles. The Morgan fingerprint density at radius 1 is 1.16 bits per heavy atom. The lowest BCUT2D eigenvalue weighted by Crippen LogP contribution is -2.03. The molecule has 1 aromatic carbocycles. The minimum Gasteiger partial charge on any atom is -0.497 e. The van der Waals surface area contributed by atoms with Gasteiger partial charge in [-0.2, -0.15) is 0 Å². The zero-order valence-electron chi connectivity index (χ0n) is 10.6. The smallest absolute Gasteiger partial charge is 0.341 e. The highest BCUT2D eigenvalue weighted by Gasteiger charge is 2.13. The largest absolute Gasteiger partial charge is 0.497 e. The van der Waals surface area contributed by atoms with Gasteiger partial charge < -0.3 is 14.6 Å². The molecule has 0 saturated carbocycles. The molecule has 19 heavy (non-hydrogen) atoms. The second-order valence-corrected chi connectivity index (χ2v) is 3.79. The Labute approximate surface area is 110 Å². The van der Waals surface area contributed by atoms with Crippen LogP contribution in [0.1, 0.15) is 10.4 Å². The van der Waals surface area contributed by atoms with E-state index in [1.165, 1.54) is 13.2 Å². The van der Waals surface area contributed by atoms with Crippen LogP contribution in [0, 0.1) is 0 Å². The summed E-state index contributed by atoms with van der Waals surface area (Å²) in [5, 5.41) is 9.00. The number of carboxylic acids is 1. The number of hydrogen-bond acceptors (Lipinski definition) is 4. The molecule has 0 unspecified atom stereocenters. The fourth-order valence-corrected chi connectivity index (χ4v) is 1.70. The van der Waals surface area contributed by atoms with E-state index in [1.54, 1.807) is 13.2 Å². The topological polar surface area (TPSA) is 68.7 Å². The lowest BCUT2D eigenvalue weighted by atomic mass is 10.1. The van der Waals surface area contributed by atoms with Crippen molar-refractivity contribution in [1.29, 1.82) is 0 Å². The van der Waals surface area contributed by atoms with E-state index in [0.717, 1.165) is 5.56 Å². The molecule has 0 amide bonds. The molecule has 0 bridgehead atoms. The predicted molar refractivity (Wildman–Crippen MR) is 69.7 cm³/mol. The summed E-state index contributed by atoms with van der Waals surface area (Å²) in [6.07, 6.45) is 0. The number of nitrogens with zero attached hydrogens (tertiary/aromatic N) is 1. The molecule has 1 heterocycles. The minimum atomic E-state index is -1.07. The van der Waals surface area contributed by atoms with Crippen molar-refractivity contribution in [1.82, 2.24) is 4.98 Å². The highest BCUT2D eigenvalue weighted by atomic mass is 16.5. The third kappa shape index (κ3) is 2.65. The van der Waals surface area contributed by atoms with E-state index in [-0.39, 0.29) is 11.4 Å². The standard InChI is InChI=1S/C14H13NO4/c1-18-10-5-3-4-9(8-10)12-7-6-11(14(16)17)13(15-12)19-2/h3-8H,1-2H3,(H,16,17). The molecule has 2 aromatic rings. The number of aromatic nitrogens is 1. The van der Waals surface area contributed by atoms with Gasteiger partial charge in [-0.05, 0) is 24.3 Å². The van der Waals surface area contributed by atoms with Gasteiger partial charge in [0, 0.05) is 5.56 Å². The maximum absolute atomic E-state index is 11.0. The third-order valence-corrected chi connectivity index (χ3v) is 2.65. The molecular formula is C14H13NO4. The van der Waals surface area contributed by atoms with Gasteiger partial charge in [-0.15, -0.1) is 0 Å². The molecule has 0 radical (unpaired) electrons. The summed E-state index contributed by atoms with van der Waals surface area (Å²) in [6.45, 7) is 0. The monoisotopic (exact) mass is 259 g/mol. The van der Waals surface area contributed by atoms with E-state index in [1.807, 2.05) is 24.3 Å². The first-order chi connectivity index (χ1) is 9.15. The SMILES string of the molecule is COc1cccc(-c2ccc(C(=O)O)c(OC)n2)c1. The van der Waals surface area contributed by atoms with Crippen LogP contribution in [0.4, 0.5) is 0 Å². The van der Waals surface area contributed by atoms with Crippen LogP contribution in [-0.4, -0.2) is 30.3 Å². The van der Waals surface area contributed by atoms with Gasteiger partial charge in [0.15, 0.2) is 0 Å². The van der Waals surface area contributed by atoms with Crippen LogP contribution in [0.2, 0.25) is 0 Å². The molecule has 1 N–H and O–H groups in total. The summed E-state index contributed by atoms with van der Waals surface area (Å²) >= 11 is 0. The molecule has 0 spiro atoms. The lowest BCUT2D eigenvalue weighted by Gasteiger charge is -2.08. The highest BCUT2D eigenvalue weighted by Crippen LogP contribution is 2.25. The molecule has 0 aliphatic carbocycles. The maximum atomic E-state index is 11.0. The van der Waals surface area contributed by atoms with Gasteiger partial charge in [0.2, 0.25) is 5.88 Å². The van der Waals surface area contributed by atoms with Crippen LogP contribution < -0.4 is 9.47 Å². The average Bonchev–Trinajstić information content (AvgIpc) is 2.46. The van der Waals surface area contributed by atoms with E-state index in [4.69, 9.17) is 14.6 Å². The Morgan fingerprint density at radius 2 is 1.95 bits per heavy atom. The van der Waals surface area contributed by atoms with Crippen molar-refractivity contribution < 1.29 is 19.4 Å². The Bertz CT molecular complexity index is 610. The van der Waals surface area contributed by atoms with Crippen LogP contribution in [0.25, 0.3) is 11.3 Å². The second-order valence-electron chi connectivity index (χ2n) is 3.79. The molecule has 5 nitrogen and oxygen atoms in total. The predicted octanol–water partition coefficient (Wildman–Crippen LogP) is 2.46. The van der Waals surface area contributed by atoms with E-state index in [2.05, 4.69) is 4.98 Å². The average molecular weight is 259 g/mol. The van der Waals surface area contributed by atoms with Crippen LogP contribution in [0.5, 0.6) is 11.6 Å². The van der Waals surface area contributed by atoms with Gasteiger partial charge in [-0.1, -0.05) is 12.1 Å². The van der Waals surface area contributed by atoms with Crippen molar-refractivity contribution >= 4 is 5.97 Å². The summed E-state index contributed by atoms with van der Waals surface area (Å²) in [5.41, 5.74) is 1.49. The van der Waals surface area contributed by atoms with Crippen molar-refractivity contribution in [3.8, 4) is 22.9 Å². The number of carboxylic acid groups (broad SMARTS) is 1. The van der Waals surface area contributed by atoms with Crippen molar-refractivity contribution in [3.05, 3.63) is 42.0 Å². The molecule has 2 rings (SSSR count). The number of methoxy groups -OCH3 is 2. The normalized spacial score (nSPS) is 10.0. The lowest BCUT2D eigenvalue weighted by molar-refractivity contribution is 0.0692. The first-order valence-corrected chi connectivity index (χ1v) is 5.58. The summed E-state index contributed by atoms with van der Waals surface area (Å²) in [5.74, 6) is -0.269. The Morgan fingerprint density at radius 3 is 2.58 bits per heavy atom. The van der Waals surface area contributed by atoms with Crippen LogP contribution >= 0.6 is 0 Å². The van der Waals surface area contributed by atoms with Gasteiger partial charge in [-0.25, -0.2) is 9.78 Å². The summed E-state index contributed by atoms with van der Waals surface area (Å²) in [6, 6.07) is 10.5. The van der Waals surface area contributed by atoms with Gasteiger partial charge in [-0.3, -0.25) is 0 Å². The van der Waals surface area contributed by atoms with Gasteiger partial charge in [0.05, 0.1) is 19.9 Å². The molecule has 98 valence electrons. The van der Waals surface area contributed by atoms with Crippen molar-refractivity contribution in [2.45, 2.75) is 0 Å². The number of carbonyl (C=O) groups is 1. The van der Waals surface area contributed by atoms with E-state index >= 15 is 0 Å². The highest BCUT2D eigenvalue weighted by molar-refractivity contribution is 5.90. The zero-order valence-corrected chi connectivity index (χ0v) is 10.6. The number of benzene rings is 1. The molecule has 0 atom stereocenters. The number of hydrogen-bond donors (Lipinski definition) is 1. The van der Waals surface area contributed by atoms with Crippen molar-refractivity contribution in [2.75, 3.05) is 14.2 Å². The molecular weight excluding hydrogens is 246 g/mol. The van der Waals surface area contributed by atoms with Gasteiger partial charge in [0.1, 0.15) is 11.3 Å². The van der Waals surface area contributed by atoms with Crippen LogP contribution in [-0.2, 0) is 0 Å². The molecule has 0 aliphatic heterocycles. The summed E-state index contributed by atoms with van der Waals surface area (Å²) in [7, 11) is 2.98. The van der Waals surface area contributed by atoms with E-state index < -0.39 is 5.97 Å². The number of ether oxygens (including phenoxy) is 2. The number of pyridine rings is 1. The second kappa shape index (κ2) is 5.39. The molecule has 0 fully saturated rings. The first kappa shape index (κ1) is 12.9.